The van der Waals surface area contributed by atoms with Gasteiger partial charge in [-0.3, -0.25) is 9.88 Å². The molecule has 0 radical (unpaired) electrons. The van der Waals surface area contributed by atoms with Crippen molar-refractivity contribution >= 4 is 17.6 Å². The summed E-state index contributed by atoms with van der Waals surface area (Å²) in [5.41, 5.74) is 2.42. The average molecular weight is 248 g/mol. The van der Waals surface area contributed by atoms with E-state index in [1.807, 2.05) is 6.20 Å². The topological polar surface area (TPSA) is 16.1 Å². The van der Waals surface area contributed by atoms with Crippen molar-refractivity contribution in [2.75, 3.05) is 13.6 Å². The quantitative estimate of drug-likeness (QED) is 0.764. The SMILES string of the molecule is CN1CCCCC[C@@H]1c1ccc(CC=S)nc1. The van der Waals surface area contributed by atoms with E-state index in [1.165, 1.54) is 37.8 Å². The molecule has 1 aliphatic heterocycles. The second-order valence-corrected chi connectivity index (χ2v) is 5.13. The molecule has 1 saturated heterocycles. The Morgan fingerprint density at radius 2 is 2.29 bits per heavy atom. The molecule has 17 heavy (non-hydrogen) atoms. The number of hydrogen-bond acceptors (Lipinski definition) is 3. The van der Waals surface area contributed by atoms with E-state index in [-0.39, 0.29) is 0 Å². The van der Waals surface area contributed by atoms with Gasteiger partial charge in [0.05, 0.1) is 0 Å². The van der Waals surface area contributed by atoms with Crippen LogP contribution in [0.3, 0.4) is 0 Å². The maximum Gasteiger partial charge on any atom is 0.0449 e. The highest BCUT2D eigenvalue weighted by molar-refractivity contribution is 7.78. The highest BCUT2D eigenvalue weighted by Crippen LogP contribution is 2.28. The van der Waals surface area contributed by atoms with Crippen molar-refractivity contribution in [3.63, 3.8) is 0 Å². The van der Waals surface area contributed by atoms with Gasteiger partial charge in [-0.25, -0.2) is 0 Å². The van der Waals surface area contributed by atoms with Gasteiger partial charge in [0.15, 0.2) is 0 Å². The van der Waals surface area contributed by atoms with Gasteiger partial charge in [-0.2, -0.15) is 0 Å². The molecule has 1 aliphatic rings. The van der Waals surface area contributed by atoms with Crippen molar-refractivity contribution in [3.05, 3.63) is 29.6 Å². The average Bonchev–Trinajstić information content (AvgIpc) is 2.56. The van der Waals surface area contributed by atoms with E-state index in [9.17, 15) is 0 Å². The van der Waals surface area contributed by atoms with Gasteiger partial charge in [0.1, 0.15) is 0 Å². The van der Waals surface area contributed by atoms with E-state index < -0.39 is 0 Å². The summed E-state index contributed by atoms with van der Waals surface area (Å²) in [6.07, 6.45) is 8.08. The fraction of sp³-hybridized carbons (Fsp3) is 0.571. The molecule has 0 aromatic carbocycles. The van der Waals surface area contributed by atoms with Crippen molar-refractivity contribution < 1.29 is 0 Å². The third kappa shape index (κ3) is 3.33. The molecule has 1 fully saturated rings. The summed E-state index contributed by atoms with van der Waals surface area (Å²) >= 11 is 4.86. The van der Waals surface area contributed by atoms with Gasteiger partial charge in [-0.15, -0.1) is 0 Å². The van der Waals surface area contributed by atoms with Crippen LogP contribution in [-0.2, 0) is 6.42 Å². The van der Waals surface area contributed by atoms with Crippen LogP contribution >= 0.6 is 12.2 Å². The summed E-state index contributed by atoms with van der Waals surface area (Å²) in [5, 5.41) is 1.74. The van der Waals surface area contributed by atoms with Crippen molar-refractivity contribution in [1.82, 2.24) is 9.88 Å². The first-order valence-corrected chi connectivity index (χ1v) is 6.87. The van der Waals surface area contributed by atoms with Crippen molar-refractivity contribution in [2.24, 2.45) is 0 Å². The first-order valence-electron chi connectivity index (χ1n) is 6.40. The zero-order valence-corrected chi connectivity index (χ0v) is 11.2. The third-order valence-electron chi connectivity index (χ3n) is 3.55. The first kappa shape index (κ1) is 12.7. The Bertz CT molecular complexity index is 361. The maximum atomic E-state index is 4.86. The van der Waals surface area contributed by atoms with Gasteiger partial charge in [0, 0.05) is 24.4 Å². The fourth-order valence-electron chi connectivity index (χ4n) is 2.51. The Morgan fingerprint density at radius 1 is 1.41 bits per heavy atom. The van der Waals surface area contributed by atoms with Crippen molar-refractivity contribution in [1.29, 1.82) is 0 Å². The molecule has 2 nitrogen and oxygen atoms in total. The van der Waals surface area contributed by atoms with Crippen LogP contribution in [0.5, 0.6) is 0 Å². The zero-order valence-electron chi connectivity index (χ0n) is 10.4. The number of rotatable bonds is 3. The molecule has 1 atom stereocenters. The molecule has 0 spiro atoms. The summed E-state index contributed by atoms with van der Waals surface area (Å²) in [7, 11) is 2.22. The molecule has 0 bridgehead atoms. The lowest BCUT2D eigenvalue weighted by atomic mass is 10.0. The van der Waals surface area contributed by atoms with Crippen LogP contribution in [0.2, 0.25) is 0 Å². The van der Waals surface area contributed by atoms with Gasteiger partial charge >= 0.3 is 0 Å². The number of hydrogen-bond donors (Lipinski definition) is 0. The Hall–Kier alpha value is -0.800. The number of likely N-dealkylation sites (tertiary alicyclic amines) is 1. The molecular formula is C14H20N2S. The first-order chi connectivity index (χ1) is 8.31. The van der Waals surface area contributed by atoms with Gasteiger partial charge in [0.2, 0.25) is 0 Å². The minimum atomic E-state index is 0.548. The van der Waals surface area contributed by atoms with E-state index in [2.05, 4.69) is 29.1 Å². The third-order valence-corrected chi connectivity index (χ3v) is 3.71. The molecule has 2 rings (SSSR count). The largest absolute Gasteiger partial charge is 0.299 e. The number of pyridine rings is 1. The Kier molecular flexibility index (Phi) is 4.63. The van der Waals surface area contributed by atoms with E-state index in [1.54, 1.807) is 5.37 Å². The van der Waals surface area contributed by atoms with Crippen LogP contribution in [0, 0.1) is 0 Å². The fourth-order valence-corrected chi connectivity index (χ4v) is 2.68. The van der Waals surface area contributed by atoms with Crippen LogP contribution in [0.15, 0.2) is 18.3 Å². The van der Waals surface area contributed by atoms with Gasteiger partial charge in [-0.05, 0) is 43.4 Å². The van der Waals surface area contributed by atoms with Crippen LogP contribution in [-0.4, -0.2) is 28.8 Å². The Labute approximate surface area is 109 Å². The lowest BCUT2D eigenvalue weighted by Gasteiger charge is -2.25. The van der Waals surface area contributed by atoms with Crippen LogP contribution < -0.4 is 0 Å². The normalized spacial score (nSPS) is 22.1. The minimum Gasteiger partial charge on any atom is -0.299 e. The van der Waals surface area contributed by atoms with Gasteiger partial charge in [-0.1, -0.05) is 31.1 Å². The monoisotopic (exact) mass is 248 g/mol. The highest BCUT2D eigenvalue weighted by atomic mass is 32.1. The molecular weight excluding hydrogens is 228 g/mol. The maximum absolute atomic E-state index is 4.86. The molecule has 0 N–H and O–H groups in total. The van der Waals surface area contributed by atoms with Crippen LogP contribution in [0.1, 0.15) is 43.0 Å². The predicted octanol–water partition coefficient (Wildman–Crippen LogP) is 3.17. The molecule has 1 aromatic rings. The van der Waals surface area contributed by atoms with Gasteiger partial charge in [0.25, 0.3) is 0 Å². The summed E-state index contributed by atoms with van der Waals surface area (Å²) in [5.74, 6) is 0. The summed E-state index contributed by atoms with van der Waals surface area (Å²) in [6.45, 7) is 1.20. The molecule has 1 aromatic heterocycles. The second kappa shape index (κ2) is 6.22. The molecule has 0 unspecified atom stereocenters. The van der Waals surface area contributed by atoms with Crippen molar-refractivity contribution in [3.8, 4) is 0 Å². The summed E-state index contributed by atoms with van der Waals surface area (Å²) < 4.78 is 0. The van der Waals surface area contributed by atoms with E-state index in [0.717, 1.165) is 12.1 Å². The Balaban J connectivity index is 2.11. The van der Waals surface area contributed by atoms with Crippen molar-refractivity contribution in [2.45, 2.75) is 38.1 Å². The standard InChI is InChI=1S/C14H20N2S/c1-16-9-4-2-3-5-14(16)12-6-7-13(8-10-17)15-11-12/h6-7,10-11,14H,2-5,8-9H2,1H3/t14-/m1/s1. The highest BCUT2D eigenvalue weighted by Gasteiger charge is 2.19. The molecule has 0 amide bonds. The summed E-state index contributed by atoms with van der Waals surface area (Å²) in [6, 6.07) is 4.87. The molecule has 3 heteroatoms. The second-order valence-electron chi connectivity index (χ2n) is 4.80. The van der Waals surface area contributed by atoms with E-state index in [4.69, 9.17) is 12.2 Å². The zero-order chi connectivity index (χ0) is 12.1. The van der Waals surface area contributed by atoms with Gasteiger partial charge < -0.3 is 0 Å². The Morgan fingerprint density at radius 3 is 3.00 bits per heavy atom. The molecule has 92 valence electrons. The molecule has 2 heterocycles. The molecule has 0 saturated carbocycles. The number of thiocarbonyl (C=S) groups is 1. The van der Waals surface area contributed by atoms with E-state index >= 15 is 0 Å². The molecule has 0 aliphatic carbocycles. The lowest BCUT2D eigenvalue weighted by Crippen LogP contribution is -2.24. The minimum absolute atomic E-state index is 0.548. The smallest absolute Gasteiger partial charge is 0.0449 e. The number of aromatic nitrogens is 1. The number of nitrogens with zero attached hydrogens (tertiary/aromatic N) is 2. The lowest BCUT2D eigenvalue weighted by molar-refractivity contribution is 0.250. The van der Waals surface area contributed by atoms with Crippen LogP contribution in [0.25, 0.3) is 0 Å². The summed E-state index contributed by atoms with van der Waals surface area (Å²) in [4.78, 5) is 6.95. The van der Waals surface area contributed by atoms with E-state index in [0.29, 0.717) is 6.04 Å². The predicted molar refractivity (Wildman–Crippen MR) is 75.4 cm³/mol. The van der Waals surface area contributed by atoms with Crippen LogP contribution in [0.4, 0.5) is 0 Å².